The molecule has 1 amide bonds. The van der Waals surface area contributed by atoms with Crippen LogP contribution in [0.1, 0.15) is 35.9 Å². The molecule has 1 aromatic heterocycles. The van der Waals surface area contributed by atoms with E-state index in [2.05, 4.69) is 10.2 Å². The Morgan fingerprint density at radius 2 is 2.28 bits per heavy atom. The first kappa shape index (κ1) is 14.7. The number of carbonyl (C=O) groups is 1. The average Bonchev–Trinajstić information content (AvgIpc) is 2.83. The van der Waals surface area contributed by atoms with Crippen LogP contribution in [0.5, 0.6) is 0 Å². The molecule has 1 heterocycles. The maximum atomic E-state index is 12.2. The van der Waals surface area contributed by atoms with Crippen LogP contribution in [0.3, 0.4) is 0 Å². The number of amides is 1. The van der Waals surface area contributed by atoms with E-state index >= 15 is 0 Å². The molecule has 0 fully saturated rings. The molecular formula is C12H21N3O3. The van der Waals surface area contributed by atoms with Crippen LogP contribution >= 0.6 is 0 Å². The van der Waals surface area contributed by atoms with E-state index in [1.807, 2.05) is 13.8 Å². The molecule has 6 heteroatoms. The van der Waals surface area contributed by atoms with Gasteiger partial charge in [0.15, 0.2) is 0 Å². The highest BCUT2D eigenvalue weighted by atomic mass is 16.5. The van der Waals surface area contributed by atoms with Gasteiger partial charge in [-0.1, -0.05) is 13.8 Å². The number of aliphatic hydroxyl groups excluding tert-OH is 1. The van der Waals surface area contributed by atoms with E-state index in [4.69, 9.17) is 9.84 Å². The second kappa shape index (κ2) is 7.13. The predicted molar refractivity (Wildman–Crippen MR) is 67.5 cm³/mol. The van der Waals surface area contributed by atoms with Crippen LogP contribution in [0, 0.1) is 0 Å². The molecule has 0 spiro atoms. The number of nitrogens with zero attached hydrogens (tertiary/aromatic N) is 2. The number of carbonyl (C=O) groups excluding carboxylic acids is 1. The third-order valence-corrected chi connectivity index (χ3v) is 2.66. The maximum Gasteiger partial charge on any atom is 0.274 e. The number of rotatable bonds is 7. The molecule has 0 bridgehead atoms. The lowest BCUT2D eigenvalue weighted by Gasteiger charge is -2.19. The fourth-order valence-electron chi connectivity index (χ4n) is 1.54. The lowest BCUT2D eigenvalue weighted by Crippen LogP contribution is -2.36. The quantitative estimate of drug-likeness (QED) is 0.748. The van der Waals surface area contributed by atoms with E-state index in [0.29, 0.717) is 24.8 Å². The minimum atomic E-state index is -0.191. The molecule has 0 unspecified atom stereocenters. The van der Waals surface area contributed by atoms with Gasteiger partial charge in [-0.3, -0.25) is 9.89 Å². The summed E-state index contributed by atoms with van der Waals surface area (Å²) in [4.78, 5) is 13.7. The molecule has 0 atom stereocenters. The SMILES string of the molecule is COCCN(CCO)C(=O)c1cc(C(C)C)[nH]n1. The number of aromatic nitrogens is 2. The Kier molecular flexibility index (Phi) is 5.80. The van der Waals surface area contributed by atoms with Crippen molar-refractivity contribution in [3.8, 4) is 0 Å². The third kappa shape index (κ3) is 3.82. The van der Waals surface area contributed by atoms with E-state index in [9.17, 15) is 4.79 Å². The van der Waals surface area contributed by atoms with Gasteiger partial charge in [0.1, 0.15) is 5.69 Å². The summed E-state index contributed by atoms with van der Waals surface area (Å²) in [5.41, 5.74) is 1.30. The van der Waals surface area contributed by atoms with Crippen LogP contribution in [0.2, 0.25) is 0 Å². The van der Waals surface area contributed by atoms with Crippen molar-refractivity contribution in [3.63, 3.8) is 0 Å². The largest absolute Gasteiger partial charge is 0.395 e. The third-order valence-electron chi connectivity index (χ3n) is 2.66. The first-order valence-corrected chi connectivity index (χ1v) is 6.04. The topological polar surface area (TPSA) is 78.5 Å². The van der Waals surface area contributed by atoms with Gasteiger partial charge in [-0.15, -0.1) is 0 Å². The van der Waals surface area contributed by atoms with Gasteiger partial charge in [-0.2, -0.15) is 5.10 Å². The summed E-state index contributed by atoms with van der Waals surface area (Å²) in [6, 6.07) is 1.75. The highest BCUT2D eigenvalue weighted by Gasteiger charge is 2.18. The minimum Gasteiger partial charge on any atom is -0.395 e. The summed E-state index contributed by atoms with van der Waals surface area (Å²) in [7, 11) is 1.58. The molecule has 6 nitrogen and oxygen atoms in total. The minimum absolute atomic E-state index is 0.0725. The Labute approximate surface area is 107 Å². The zero-order valence-electron chi connectivity index (χ0n) is 11.1. The van der Waals surface area contributed by atoms with Crippen molar-refractivity contribution in [1.29, 1.82) is 0 Å². The van der Waals surface area contributed by atoms with Crippen molar-refractivity contribution >= 4 is 5.91 Å². The monoisotopic (exact) mass is 255 g/mol. The molecule has 0 aliphatic rings. The average molecular weight is 255 g/mol. The summed E-state index contributed by atoms with van der Waals surface area (Å²) >= 11 is 0. The number of hydrogen-bond acceptors (Lipinski definition) is 4. The number of nitrogens with one attached hydrogen (secondary N) is 1. The predicted octanol–water partition coefficient (Wildman–Crippen LogP) is 0.614. The summed E-state index contributed by atoms with van der Waals surface area (Å²) in [6.07, 6.45) is 0. The van der Waals surface area contributed by atoms with Gasteiger partial charge in [-0.25, -0.2) is 0 Å². The molecule has 1 aromatic rings. The van der Waals surface area contributed by atoms with Crippen molar-refractivity contribution in [2.24, 2.45) is 0 Å². The smallest absolute Gasteiger partial charge is 0.274 e. The molecule has 18 heavy (non-hydrogen) atoms. The lowest BCUT2D eigenvalue weighted by atomic mass is 10.1. The van der Waals surface area contributed by atoms with Gasteiger partial charge in [0.2, 0.25) is 0 Å². The molecule has 2 N–H and O–H groups in total. The fraction of sp³-hybridized carbons (Fsp3) is 0.667. The van der Waals surface area contributed by atoms with Crippen LogP contribution in [0.15, 0.2) is 6.07 Å². The van der Waals surface area contributed by atoms with Crippen LogP contribution < -0.4 is 0 Å². The number of methoxy groups -OCH3 is 1. The van der Waals surface area contributed by atoms with Gasteiger partial charge in [0, 0.05) is 25.9 Å². The van der Waals surface area contributed by atoms with Crippen LogP contribution in [0.25, 0.3) is 0 Å². The summed E-state index contributed by atoms with van der Waals surface area (Å²) in [5, 5.41) is 15.8. The van der Waals surface area contributed by atoms with E-state index in [0.717, 1.165) is 5.69 Å². The molecule has 102 valence electrons. The van der Waals surface area contributed by atoms with Gasteiger partial charge >= 0.3 is 0 Å². The van der Waals surface area contributed by atoms with Crippen molar-refractivity contribution in [2.75, 3.05) is 33.4 Å². The van der Waals surface area contributed by atoms with E-state index in [-0.39, 0.29) is 19.1 Å². The van der Waals surface area contributed by atoms with E-state index in [1.165, 1.54) is 4.90 Å². The summed E-state index contributed by atoms with van der Waals surface area (Å²) in [5.74, 6) is 0.105. The van der Waals surface area contributed by atoms with Gasteiger partial charge in [0.05, 0.1) is 13.2 Å². The number of H-pyrrole nitrogens is 1. The van der Waals surface area contributed by atoms with Crippen molar-refractivity contribution in [2.45, 2.75) is 19.8 Å². The molecule has 0 radical (unpaired) electrons. The zero-order chi connectivity index (χ0) is 13.5. The Bertz CT molecular complexity index is 376. The number of aliphatic hydroxyl groups is 1. The maximum absolute atomic E-state index is 12.2. The Balaban J connectivity index is 2.74. The lowest BCUT2D eigenvalue weighted by molar-refractivity contribution is 0.0651. The second-order valence-corrected chi connectivity index (χ2v) is 4.37. The molecule has 0 aliphatic carbocycles. The second-order valence-electron chi connectivity index (χ2n) is 4.37. The number of hydrogen-bond donors (Lipinski definition) is 2. The normalized spacial score (nSPS) is 10.9. The van der Waals surface area contributed by atoms with Crippen molar-refractivity contribution in [3.05, 3.63) is 17.5 Å². The molecule has 0 saturated heterocycles. The summed E-state index contributed by atoms with van der Waals surface area (Å²) in [6.45, 7) is 5.15. The Morgan fingerprint density at radius 3 is 2.78 bits per heavy atom. The van der Waals surface area contributed by atoms with Crippen LogP contribution in [-0.4, -0.2) is 59.5 Å². The van der Waals surface area contributed by atoms with Gasteiger partial charge < -0.3 is 14.7 Å². The Morgan fingerprint density at radius 1 is 1.56 bits per heavy atom. The molecule has 0 saturated carbocycles. The first-order chi connectivity index (χ1) is 8.60. The molecular weight excluding hydrogens is 234 g/mol. The standard InChI is InChI=1S/C12H21N3O3/c1-9(2)10-8-11(14-13-10)12(17)15(4-6-16)5-7-18-3/h8-9,16H,4-7H2,1-3H3,(H,13,14). The highest BCUT2D eigenvalue weighted by molar-refractivity contribution is 5.92. The van der Waals surface area contributed by atoms with E-state index < -0.39 is 0 Å². The van der Waals surface area contributed by atoms with Crippen LogP contribution in [-0.2, 0) is 4.74 Å². The highest BCUT2D eigenvalue weighted by Crippen LogP contribution is 2.13. The molecule has 1 rings (SSSR count). The van der Waals surface area contributed by atoms with Gasteiger partial charge in [-0.05, 0) is 12.0 Å². The number of ether oxygens (including phenoxy) is 1. The molecule has 0 aromatic carbocycles. The molecule has 0 aliphatic heterocycles. The fourth-order valence-corrected chi connectivity index (χ4v) is 1.54. The van der Waals surface area contributed by atoms with E-state index in [1.54, 1.807) is 13.2 Å². The van der Waals surface area contributed by atoms with Crippen molar-refractivity contribution in [1.82, 2.24) is 15.1 Å². The Hall–Kier alpha value is -1.40. The summed E-state index contributed by atoms with van der Waals surface area (Å²) < 4.78 is 4.94. The van der Waals surface area contributed by atoms with Crippen LogP contribution in [0.4, 0.5) is 0 Å². The van der Waals surface area contributed by atoms with Crippen molar-refractivity contribution < 1.29 is 14.6 Å². The zero-order valence-corrected chi connectivity index (χ0v) is 11.1. The van der Waals surface area contributed by atoms with Gasteiger partial charge in [0.25, 0.3) is 5.91 Å². The first-order valence-electron chi connectivity index (χ1n) is 6.04. The number of aromatic amines is 1.